The predicted molar refractivity (Wildman–Crippen MR) is 84.8 cm³/mol. The van der Waals surface area contributed by atoms with Crippen LogP contribution in [0.2, 0.25) is 0 Å². The maximum absolute atomic E-state index is 11.7. The fraction of sp³-hybridized carbons (Fsp3) is 0.312. The van der Waals surface area contributed by atoms with Gasteiger partial charge in [-0.25, -0.2) is 9.59 Å². The van der Waals surface area contributed by atoms with Crippen LogP contribution < -0.4 is 15.4 Å². The van der Waals surface area contributed by atoms with Gasteiger partial charge in [0.25, 0.3) is 5.91 Å². The SMILES string of the molecule is CCNC(=O)NC(=O)[C@H](C)OC(=O)/C=C/c1ccc(OC)cc1. The van der Waals surface area contributed by atoms with E-state index >= 15 is 0 Å². The molecule has 0 aliphatic heterocycles. The zero-order valence-electron chi connectivity index (χ0n) is 13.3. The van der Waals surface area contributed by atoms with Crippen molar-refractivity contribution in [2.75, 3.05) is 13.7 Å². The minimum absolute atomic E-state index is 0.387. The first-order valence-electron chi connectivity index (χ1n) is 7.07. The lowest BCUT2D eigenvalue weighted by molar-refractivity contribution is -0.149. The summed E-state index contributed by atoms with van der Waals surface area (Å²) in [6, 6.07) is 6.43. The number of benzene rings is 1. The summed E-state index contributed by atoms with van der Waals surface area (Å²) in [6.45, 7) is 3.49. The Kier molecular flexibility index (Phi) is 7.32. The summed E-state index contributed by atoms with van der Waals surface area (Å²) in [5.74, 6) is -0.665. The van der Waals surface area contributed by atoms with Crippen LogP contribution in [0.1, 0.15) is 19.4 Å². The number of imide groups is 1. The fourth-order valence-corrected chi connectivity index (χ4v) is 1.56. The number of rotatable bonds is 6. The highest BCUT2D eigenvalue weighted by atomic mass is 16.5. The van der Waals surface area contributed by atoms with Gasteiger partial charge in [-0.3, -0.25) is 10.1 Å². The Morgan fingerprint density at radius 2 is 1.87 bits per heavy atom. The molecule has 0 aliphatic rings. The van der Waals surface area contributed by atoms with E-state index in [4.69, 9.17) is 9.47 Å². The molecule has 0 fully saturated rings. The molecule has 1 aromatic carbocycles. The molecule has 23 heavy (non-hydrogen) atoms. The van der Waals surface area contributed by atoms with Gasteiger partial charge in [0.05, 0.1) is 7.11 Å². The van der Waals surface area contributed by atoms with Crippen molar-refractivity contribution < 1.29 is 23.9 Å². The number of esters is 1. The largest absolute Gasteiger partial charge is 0.497 e. The number of ether oxygens (including phenoxy) is 2. The molecule has 2 N–H and O–H groups in total. The molecular formula is C16H20N2O5. The molecule has 1 aromatic rings. The first kappa shape index (κ1) is 18.2. The van der Waals surface area contributed by atoms with Crippen molar-refractivity contribution >= 4 is 24.0 Å². The van der Waals surface area contributed by atoms with Crippen molar-refractivity contribution in [2.45, 2.75) is 20.0 Å². The fourth-order valence-electron chi connectivity index (χ4n) is 1.56. The Labute approximate surface area is 134 Å². The first-order chi connectivity index (χ1) is 11.0. The van der Waals surface area contributed by atoms with E-state index in [1.54, 1.807) is 44.4 Å². The normalized spacial score (nSPS) is 11.6. The molecule has 0 heterocycles. The summed E-state index contributed by atoms with van der Waals surface area (Å²) >= 11 is 0. The van der Waals surface area contributed by atoms with Gasteiger partial charge in [0.1, 0.15) is 5.75 Å². The molecule has 0 unspecified atom stereocenters. The molecule has 0 saturated carbocycles. The van der Waals surface area contributed by atoms with E-state index < -0.39 is 24.0 Å². The Morgan fingerprint density at radius 3 is 2.43 bits per heavy atom. The van der Waals surface area contributed by atoms with E-state index in [9.17, 15) is 14.4 Å². The number of urea groups is 1. The topological polar surface area (TPSA) is 93.7 Å². The maximum Gasteiger partial charge on any atom is 0.331 e. The number of carbonyl (C=O) groups is 3. The second-order valence-corrected chi connectivity index (χ2v) is 4.53. The second-order valence-electron chi connectivity index (χ2n) is 4.53. The summed E-state index contributed by atoms with van der Waals surface area (Å²) in [5.41, 5.74) is 0.780. The molecule has 0 saturated heterocycles. The van der Waals surface area contributed by atoms with E-state index in [2.05, 4.69) is 10.6 Å². The lowest BCUT2D eigenvalue weighted by Gasteiger charge is -2.11. The molecule has 0 bridgehead atoms. The third-order valence-electron chi connectivity index (χ3n) is 2.76. The van der Waals surface area contributed by atoms with E-state index in [-0.39, 0.29) is 0 Å². The maximum atomic E-state index is 11.7. The van der Waals surface area contributed by atoms with Gasteiger partial charge in [0.15, 0.2) is 6.10 Å². The first-order valence-corrected chi connectivity index (χ1v) is 7.07. The van der Waals surface area contributed by atoms with Gasteiger partial charge in [0.2, 0.25) is 0 Å². The van der Waals surface area contributed by atoms with Crippen LogP contribution in [0.25, 0.3) is 6.08 Å². The van der Waals surface area contributed by atoms with Gasteiger partial charge in [-0.1, -0.05) is 12.1 Å². The molecule has 0 aliphatic carbocycles. The van der Waals surface area contributed by atoms with Crippen molar-refractivity contribution in [3.63, 3.8) is 0 Å². The van der Waals surface area contributed by atoms with Crippen LogP contribution in [0.5, 0.6) is 5.75 Å². The zero-order chi connectivity index (χ0) is 17.2. The third kappa shape index (κ3) is 6.64. The highest BCUT2D eigenvalue weighted by molar-refractivity contribution is 5.98. The van der Waals surface area contributed by atoms with Crippen molar-refractivity contribution in [1.29, 1.82) is 0 Å². The molecule has 0 spiro atoms. The van der Waals surface area contributed by atoms with Crippen molar-refractivity contribution in [2.24, 2.45) is 0 Å². The Hall–Kier alpha value is -2.83. The zero-order valence-corrected chi connectivity index (χ0v) is 13.3. The lowest BCUT2D eigenvalue weighted by Crippen LogP contribution is -2.44. The van der Waals surface area contributed by atoms with Crippen LogP contribution in [-0.4, -0.2) is 37.7 Å². The number of amides is 3. The summed E-state index contributed by atoms with van der Waals surface area (Å²) in [7, 11) is 1.56. The van der Waals surface area contributed by atoms with Crippen LogP contribution in [0.4, 0.5) is 4.79 Å². The van der Waals surface area contributed by atoms with Crippen LogP contribution in [0, 0.1) is 0 Å². The van der Waals surface area contributed by atoms with Gasteiger partial charge in [-0.2, -0.15) is 0 Å². The summed E-state index contributed by atoms with van der Waals surface area (Å²) < 4.78 is 9.95. The average Bonchev–Trinajstić information content (AvgIpc) is 2.53. The van der Waals surface area contributed by atoms with Crippen LogP contribution >= 0.6 is 0 Å². The summed E-state index contributed by atoms with van der Waals surface area (Å²) in [6.07, 6.45) is 1.68. The number of hydrogen-bond acceptors (Lipinski definition) is 5. The molecule has 0 radical (unpaired) electrons. The van der Waals surface area contributed by atoms with Crippen molar-refractivity contribution in [3.8, 4) is 5.75 Å². The Bertz CT molecular complexity index is 581. The van der Waals surface area contributed by atoms with E-state index in [1.807, 2.05) is 0 Å². The molecular weight excluding hydrogens is 300 g/mol. The highest BCUT2D eigenvalue weighted by Crippen LogP contribution is 2.12. The molecule has 1 rings (SSSR count). The quantitative estimate of drug-likeness (QED) is 0.612. The molecule has 1 atom stereocenters. The molecule has 3 amide bonds. The van der Waals surface area contributed by atoms with Crippen molar-refractivity contribution in [1.82, 2.24) is 10.6 Å². The van der Waals surface area contributed by atoms with Gasteiger partial charge < -0.3 is 14.8 Å². The summed E-state index contributed by atoms with van der Waals surface area (Å²) in [4.78, 5) is 34.5. The smallest absolute Gasteiger partial charge is 0.331 e. The van der Waals surface area contributed by atoms with Gasteiger partial charge in [-0.05, 0) is 37.6 Å². The monoisotopic (exact) mass is 320 g/mol. The number of hydrogen-bond donors (Lipinski definition) is 2. The highest BCUT2D eigenvalue weighted by Gasteiger charge is 2.18. The van der Waals surface area contributed by atoms with Gasteiger partial charge in [-0.15, -0.1) is 0 Å². The van der Waals surface area contributed by atoms with Gasteiger partial charge in [0, 0.05) is 12.6 Å². The number of nitrogens with one attached hydrogen (secondary N) is 2. The summed E-state index contributed by atoms with van der Waals surface area (Å²) in [5, 5.41) is 4.47. The number of carbonyl (C=O) groups excluding carboxylic acids is 3. The molecule has 7 nitrogen and oxygen atoms in total. The predicted octanol–water partition coefficient (Wildman–Crippen LogP) is 1.49. The van der Waals surface area contributed by atoms with E-state index in [1.165, 1.54) is 13.0 Å². The Balaban J connectivity index is 2.49. The van der Waals surface area contributed by atoms with Crippen LogP contribution in [-0.2, 0) is 14.3 Å². The second kappa shape index (κ2) is 9.24. The average molecular weight is 320 g/mol. The van der Waals surface area contributed by atoms with Crippen LogP contribution in [0.3, 0.4) is 0 Å². The van der Waals surface area contributed by atoms with E-state index in [0.717, 1.165) is 5.56 Å². The molecule has 7 heteroatoms. The van der Waals surface area contributed by atoms with Crippen molar-refractivity contribution in [3.05, 3.63) is 35.9 Å². The Morgan fingerprint density at radius 1 is 1.22 bits per heavy atom. The molecule has 0 aromatic heterocycles. The minimum Gasteiger partial charge on any atom is -0.497 e. The van der Waals surface area contributed by atoms with E-state index in [0.29, 0.717) is 12.3 Å². The minimum atomic E-state index is -1.08. The van der Waals surface area contributed by atoms with Crippen LogP contribution in [0.15, 0.2) is 30.3 Å². The lowest BCUT2D eigenvalue weighted by atomic mass is 10.2. The standard InChI is InChI=1S/C16H20N2O5/c1-4-17-16(21)18-15(20)11(2)23-14(19)10-7-12-5-8-13(22-3)9-6-12/h5-11H,4H2,1-3H3,(H2,17,18,20,21)/b10-7+/t11-/m0/s1. The molecule has 124 valence electrons. The van der Waals surface area contributed by atoms with Gasteiger partial charge >= 0.3 is 12.0 Å². The third-order valence-corrected chi connectivity index (χ3v) is 2.76. The number of methoxy groups -OCH3 is 1.